The average molecular weight is 354 g/mol. The molecule has 138 valence electrons. The van der Waals surface area contributed by atoms with E-state index in [1.54, 1.807) is 6.20 Å². The van der Waals surface area contributed by atoms with Gasteiger partial charge in [0.05, 0.1) is 6.20 Å². The molecule has 3 heterocycles. The number of aromatic nitrogens is 4. The van der Waals surface area contributed by atoms with E-state index in [2.05, 4.69) is 20.2 Å². The number of rotatable bonds is 4. The molecule has 1 aliphatic heterocycles. The molecule has 0 bridgehead atoms. The van der Waals surface area contributed by atoms with Crippen molar-refractivity contribution in [1.29, 1.82) is 0 Å². The van der Waals surface area contributed by atoms with E-state index in [1.807, 2.05) is 34.0 Å². The summed E-state index contributed by atoms with van der Waals surface area (Å²) >= 11 is 0. The fraction of sp³-hybridized carbons (Fsp3) is 0.579. The topological polar surface area (TPSA) is 67.2 Å². The number of nitrogens with zero attached hydrogens (tertiary/aromatic N) is 6. The molecule has 1 amide bonds. The molecule has 0 atom stereocenters. The Morgan fingerprint density at radius 1 is 1.08 bits per heavy atom. The van der Waals surface area contributed by atoms with E-state index >= 15 is 0 Å². The molecule has 26 heavy (non-hydrogen) atoms. The molecule has 0 N–H and O–H groups in total. The second-order valence-corrected chi connectivity index (χ2v) is 7.30. The lowest BCUT2D eigenvalue weighted by atomic mass is 9.89. The largest absolute Gasteiger partial charge is 0.353 e. The number of hydrogen-bond donors (Lipinski definition) is 0. The summed E-state index contributed by atoms with van der Waals surface area (Å²) in [6.07, 6.45) is 10.1. The van der Waals surface area contributed by atoms with Crippen LogP contribution in [-0.2, 0) is 6.54 Å². The first kappa shape index (κ1) is 17.0. The quantitative estimate of drug-likeness (QED) is 0.842. The van der Waals surface area contributed by atoms with E-state index in [9.17, 15) is 4.79 Å². The van der Waals surface area contributed by atoms with Crippen LogP contribution in [0.15, 0.2) is 30.6 Å². The van der Waals surface area contributed by atoms with Gasteiger partial charge in [-0.05, 0) is 30.9 Å². The van der Waals surface area contributed by atoms with Gasteiger partial charge in [0.25, 0.3) is 5.91 Å². The lowest BCUT2D eigenvalue weighted by molar-refractivity contribution is 0.0740. The molecule has 2 aromatic rings. The number of pyridine rings is 1. The Kier molecular flexibility index (Phi) is 5.13. The molecule has 1 aliphatic carbocycles. The third kappa shape index (κ3) is 3.86. The van der Waals surface area contributed by atoms with Crippen LogP contribution in [-0.4, -0.2) is 57.0 Å². The van der Waals surface area contributed by atoms with Gasteiger partial charge in [-0.3, -0.25) is 9.48 Å². The molecule has 0 spiro atoms. The molecule has 2 aromatic heterocycles. The highest BCUT2D eigenvalue weighted by Crippen LogP contribution is 2.24. The van der Waals surface area contributed by atoms with Gasteiger partial charge in [-0.1, -0.05) is 30.5 Å². The number of carbonyl (C=O) groups excluding carboxylic acids is 1. The van der Waals surface area contributed by atoms with E-state index in [0.29, 0.717) is 24.7 Å². The van der Waals surface area contributed by atoms with Gasteiger partial charge >= 0.3 is 0 Å². The van der Waals surface area contributed by atoms with E-state index < -0.39 is 0 Å². The molecule has 0 aromatic carbocycles. The van der Waals surface area contributed by atoms with Gasteiger partial charge in [0.15, 0.2) is 5.69 Å². The summed E-state index contributed by atoms with van der Waals surface area (Å²) in [5, 5.41) is 8.32. The Morgan fingerprint density at radius 3 is 2.62 bits per heavy atom. The van der Waals surface area contributed by atoms with Gasteiger partial charge < -0.3 is 9.80 Å². The molecule has 1 saturated carbocycles. The van der Waals surface area contributed by atoms with Crippen molar-refractivity contribution >= 4 is 11.7 Å². The maximum Gasteiger partial charge on any atom is 0.276 e. The van der Waals surface area contributed by atoms with Gasteiger partial charge in [0.2, 0.25) is 0 Å². The zero-order valence-corrected chi connectivity index (χ0v) is 15.1. The van der Waals surface area contributed by atoms with E-state index in [0.717, 1.165) is 25.5 Å². The summed E-state index contributed by atoms with van der Waals surface area (Å²) in [7, 11) is 0. The first-order valence-corrected chi connectivity index (χ1v) is 9.65. The van der Waals surface area contributed by atoms with Crippen molar-refractivity contribution in [2.45, 2.75) is 38.6 Å². The highest BCUT2D eigenvalue weighted by molar-refractivity contribution is 5.92. The van der Waals surface area contributed by atoms with Crippen molar-refractivity contribution in [2.24, 2.45) is 5.92 Å². The number of carbonyl (C=O) groups is 1. The Labute approximate surface area is 154 Å². The normalized spacial score (nSPS) is 18.9. The zero-order chi connectivity index (χ0) is 17.8. The van der Waals surface area contributed by atoms with Crippen molar-refractivity contribution in [3.8, 4) is 0 Å². The molecule has 1 saturated heterocycles. The smallest absolute Gasteiger partial charge is 0.276 e. The minimum Gasteiger partial charge on any atom is -0.353 e. The van der Waals surface area contributed by atoms with Crippen molar-refractivity contribution < 1.29 is 4.79 Å². The average Bonchev–Trinajstić information content (AvgIpc) is 3.17. The summed E-state index contributed by atoms with van der Waals surface area (Å²) in [5.41, 5.74) is 0.465. The van der Waals surface area contributed by atoms with Gasteiger partial charge in [-0.15, -0.1) is 5.10 Å². The highest BCUT2D eigenvalue weighted by Gasteiger charge is 2.25. The first-order valence-electron chi connectivity index (χ1n) is 9.65. The maximum atomic E-state index is 12.7. The van der Waals surface area contributed by atoms with Crippen LogP contribution in [0.4, 0.5) is 5.82 Å². The van der Waals surface area contributed by atoms with Gasteiger partial charge in [0.1, 0.15) is 5.82 Å². The number of hydrogen-bond acceptors (Lipinski definition) is 5. The van der Waals surface area contributed by atoms with Crippen LogP contribution < -0.4 is 4.90 Å². The molecular weight excluding hydrogens is 328 g/mol. The predicted molar refractivity (Wildman–Crippen MR) is 99.0 cm³/mol. The molecular formula is C19H26N6O. The molecule has 0 unspecified atom stereocenters. The second kappa shape index (κ2) is 7.85. The fourth-order valence-electron chi connectivity index (χ4n) is 3.96. The maximum absolute atomic E-state index is 12.7. The Balaban J connectivity index is 1.32. The fourth-order valence-corrected chi connectivity index (χ4v) is 3.96. The first-order chi connectivity index (χ1) is 12.8. The molecule has 0 radical (unpaired) electrons. The van der Waals surface area contributed by atoms with Gasteiger partial charge in [-0.25, -0.2) is 4.98 Å². The summed E-state index contributed by atoms with van der Waals surface area (Å²) < 4.78 is 1.85. The van der Waals surface area contributed by atoms with Crippen molar-refractivity contribution in [3.63, 3.8) is 0 Å². The molecule has 7 nitrogen and oxygen atoms in total. The van der Waals surface area contributed by atoms with Crippen LogP contribution in [0.3, 0.4) is 0 Å². The van der Waals surface area contributed by atoms with Crippen molar-refractivity contribution in [3.05, 3.63) is 36.3 Å². The van der Waals surface area contributed by atoms with Crippen LogP contribution in [0, 0.1) is 5.92 Å². The summed E-state index contributed by atoms with van der Waals surface area (Å²) in [6.45, 7) is 3.83. The van der Waals surface area contributed by atoms with Crippen LogP contribution in [0.1, 0.15) is 42.6 Å². The van der Waals surface area contributed by atoms with Crippen LogP contribution >= 0.6 is 0 Å². The summed E-state index contributed by atoms with van der Waals surface area (Å²) in [4.78, 5) is 21.2. The number of piperazine rings is 1. The van der Waals surface area contributed by atoms with Gasteiger partial charge in [0, 0.05) is 38.9 Å². The third-order valence-electron chi connectivity index (χ3n) is 5.47. The monoisotopic (exact) mass is 354 g/mol. The zero-order valence-electron chi connectivity index (χ0n) is 15.1. The van der Waals surface area contributed by atoms with E-state index in [4.69, 9.17) is 0 Å². The summed E-state index contributed by atoms with van der Waals surface area (Å²) in [6, 6.07) is 5.92. The van der Waals surface area contributed by atoms with Crippen LogP contribution in [0.25, 0.3) is 0 Å². The van der Waals surface area contributed by atoms with Crippen molar-refractivity contribution in [2.75, 3.05) is 31.1 Å². The molecule has 4 rings (SSSR count). The molecule has 2 aliphatic rings. The SMILES string of the molecule is O=C(c1cn(CC2CCCCC2)nn1)N1CCN(c2ccccn2)CC1. The number of anilines is 1. The van der Waals surface area contributed by atoms with E-state index in [-0.39, 0.29) is 5.91 Å². The number of amides is 1. The van der Waals surface area contributed by atoms with Crippen LogP contribution in [0.2, 0.25) is 0 Å². The second-order valence-electron chi connectivity index (χ2n) is 7.30. The minimum absolute atomic E-state index is 0.0134. The minimum atomic E-state index is -0.0134. The highest BCUT2D eigenvalue weighted by atomic mass is 16.2. The predicted octanol–water partition coefficient (Wildman–Crippen LogP) is 2.22. The van der Waals surface area contributed by atoms with Crippen molar-refractivity contribution in [1.82, 2.24) is 24.9 Å². The van der Waals surface area contributed by atoms with Gasteiger partial charge in [-0.2, -0.15) is 0 Å². The Bertz CT molecular complexity index is 717. The van der Waals surface area contributed by atoms with Crippen LogP contribution in [0.5, 0.6) is 0 Å². The standard InChI is InChI=1S/C19H26N6O/c26-19(17-15-25(22-21-17)14-16-6-2-1-3-7-16)24-12-10-23(11-13-24)18-8-4-5-9-20-18/h4-5,8-9,15-16H,1-3,6-7,10-14H2. The summed E-state index contributed by atoms with van der Waals surface area (Å²) in [5.74, 6) is 1.63. The Morgan fingerprint density at radius 2 is 1.88 bits per heavy atom. The molecule has 7 heteroatoms. The Hall–Kier alpha value is -2.44. The lowest BCUT2D eigenvalue weighted by Crippen LogP contribution is -2.49. The lowest BCUT2D eigenvalue weighted by Gasteiger charge is -2.35. The molecule has 2 fully saturated rings. The third-order valence-corrected chi connectivity index (χ3v) is 5.47. The van der Waals surface area contributed by atoms with E-state index in [1.165, 1.54) is 32.1 Å².